The van der Waals surface area contributed by atoms with Crippen LogP contribution in [0.15, 0.2) is 18.5 Å². The van der Waals surface area contributed by atoms with Gasteiger partial charge in [-0.25, -0.2) is 23.2 Å². The van der Waals surface area contributed by atoms with Crippen molar-refractivity contribution in [2.45, 2.75) is 71.1 Å². The normalized spacial score (nSPS) is 23.1. The summed E-state index contributed by atoms with van der Waals surface area (Å²) in [5.41, 5.74) is 3.61. The van der Waals surface area contributed by atoms with Crippen molar-refractivity contribution in [1.82, 2.24) is 19.8 Å². The van der Waals surface area contributed by atoms with E-state index >= 15 is 0 Å². The second-order valence-electron chi connectivity index (χ2n) is 13.0. The van der Waals surface area contributed by atoms with Crippen molar-refractivity contribution < 1.29 is 22.7 Å². The highest BCUT2D eigenvalue weighted by Crippen LogP contribution is 2.45. The molecule has 6 rings (SSSR count). The summed E-state index contributed by atoms with van der Waals surface area (Å²) < 4.78 is 36.1. The number of piperidine rings is 1. The van der Waals surface area contributed by atoms with Crippen molar-refractivity contribution >= 4 is 33.3 Å². The van der Waals surface area contributed by atoms with E-state index in [4.69, 9.17) is 9.47 Å². The van der Waals surface area contributed by atoms with Gasteiger partial charge in [0.25, 0.3) is 0 Å². The highest BCUT2D eigenvalue weighted by Gasteiger charge is 2.37. The summed E-state index contributed by atoms with van der Waals surface area (Å²) in [7, 11) is -3.00. The van der Waals surface area contributed by atoms with Crippen LogP contribution in [0.4, 0.5) is 22.1 Å². The maximum atomic E-state index is 12.4. The second kappa shape index (κ2) is 10.9. The van der Waals surface area contributed by atoms with Crippen LogP contribution >= 0.6 is 0 Å². The van der Waals surface area contributed by atoms with Crippen LogP contribution in [-0.4, -0.2) is 96.7 Å². The summed E-state index contributed by atoms with van der Waals surface area (Å²) in [6, 6.07) is 4.90. The van der Waals surface area contributed by atoms with E-state index < -0.39 is 15.4 Å². The van der Waals surface area contributed by atoms with Crippen LogP contribution < -0.4 is 15.0 Å². The molecule has 11 nitrogen and oxygen atoms in total. The molecule has 228 valence electrons. The molecule has 42 heavy (non-hydrogen) atoms. The van der Waals surface area contributed by atoms with Crippen LogP contribution in [0.5, 0.6) is 5.75 Å². The number of anilines is 3. The summed E-state index contributed by atoms with van der Waals surface area (Å²) in [5.74, 6) is 2.91. The molecule has 0 aliphatic carbocycles. The number of aromatic nitrogens is 2. The van der Waals surface area contributed by atoms with Gasteiger partial charge in [-0.1, -0.05) is 6.07 Å². The molecule has 1 amide bonds. The number of carbonyl (C=O) groups excluding carboxylic acids is 1. The monoisotopic (exact) mass is 598 g/mol. The van der Waals surface area contributed by atoms with Gasteiger partial charge < -0.3 is 24.6 Å². The number of nitrogens with zero attached hydrogens (tertiary/aromatic N) is 5. The van der Waals surface area contributed by atoms with Gasteiger partial charge in [0.1, 0.15) is 35.4 Å². The number of likely N-dealkylation sites (tertiary alicyclic amines) is 2. The molecule has 2 aromatic rings. The number of fused-ring (bicyclic) bond motifs is 2. The average Bonchev–Trinajstić information content (AvgIpc) is 3.03. The van der Waals surface area contributed by atoms with Crippen LogP contribution in [0.1, 0.15) is 69.2 Å². The Morgan fingerprint density at radius 2 is 1.76 bits per heavy atom. The summed E-state index contributed by atoms with van der Waals surface area (Å²) in [6.45, 7) is 14.1. The molecule has 3 saturated heterocycles. The molecule has 1 aromatic heterocycles. The second-order valence-corrected chi connectivity index (χ2v) is 15.4. The van der Waals surface area contributed by atoms with Gasteiger partial charge in [0.15, 0.2) is 9.84 Å². The fourth-order valence-electron chi connectivity index (χ4n) is 6.45. The molecular formula is C30H42N6O5S. The highest BCUT2D eigenvalue weighted by molar-refractivity contribution is 7.91. The lowest BCUT2D eigenvalue weighted by atomic mass is 9.87. The van der Waals surface area contributed by atoms with Gasteiger partial charge >= 0.3 is 6.09 Å². The molecule has 12 heteroatoms. The minimum Gasteiger partial charge on any atom is -0.483 e. The van der Waals surface area contributed by atoms with E-state index in [1.807, 2.05) is 37.5 Å². The van der Waals surface area contributed by atoms with Crippen LogP contribution in [0, 0.1) is 6.92 Å². The predicted molar refractivity (Wildman–Crippen MR) is 162 cm³/mol. The lowest BCUT2D eigenvalue weighted by molar-refractivity contribution is 0.00590. The fourth-order valence-corrected chi connectivity index (χ4v) is 7.65. The van der Waals surface area contributed by atoms with E-state index in [0.717, 1.165) is 67.4 Å². The Hall–Kier alpha value is -3.12. The molecule has 1 unspecified atom stereocenters. The summed E-state index contributed by atoms with van der Waals surface area (Å²) in [4.78, 5) is 28.0. The van der Waals surface area contributed by atoms with Gasteiger partial charge in [0.05, 0.1) is 22.8 Å². The van der Waals surface area contributed by atoms with Gasteiger partial charge in [-0.05, 0) is 64.7 Å². The zero-order valence-electron chi connectivity index (χ0n) is 25.2. The molecule has 5 heterocycles. The van der Waals surface area contributed by atoms with Crippen LogP contribution in [-0.2, 0) is 14.6 Å². The first-order valence-corrected chi connectivity index (χ1v) is 16.8. The summed E-state index contributed by atoms with van der Waals surface area (Å²) in [5, 5.41) is 3.54. The molecule has 4 aliphatic heterocycles. The molecule has 1 aromatic carbocycles. The number of rotatable bonds is 3. The van der Waals surface area contributed by atoms with E-state index in [1.165, 1.54) is 11.9 Å². The van der Waals surface area contributed by atoms with Crippen molar-refractivity contribution in [3.05, 3.63) is 35.2 Å². The number of sulfone groups is 1. The Balaban J connectivity index is 1.13. The first-order chi connectivity index (χ1) is 19.9. The number of amides is 1. The Morgan fingerprint density at radius 1 is 1.07 bits per heavy atom. The minimum absolute atomic E-state index is 0.123. The van der Waals surface area contributed by atoms with E-state index in [2.05, 4.69) is 39.2 Å². The SMILES string of the molecule is Cc1cc(C2CN(C3CCN(C(=O)OC(C)(C)C)CC3)C2)cc2c1OC(C)c1c(ncnc1N1CCS(=O)(=O)CC1)N2. The van der Waals surface area contributed by atoms with Crippen molar-refractivity contribution in [2.24, 2.45) is 0 Å². The molecule has 3 fully saturated rings. The molecular weight excluding hydrogens is 556 g/mol. The number of ether oxygens (including phenoxy) is 2. The zero-order valence-corrected chi connectivity index (χ0v) is 26.0. The number of hydrogen-bond donors (Lipinski definition) is 1. The maximum absolute atomic E-state index is 12.4. The molecule has 1 N–H and O–H groups in total. The molecule has 0 bridgehead atoms. The molecule has 0 spiro atoms. The average molecular weight is 599 g/mol. The molecule has 0 saturated carbocycles. The number of aryl methyl sites for hydroxylation is 1. The number of hydrogen-bond acceptors (Lipinski definition) is 10. The van der Waals surface area contributed by atoms with Crippen molar-refractivity contribution in [3.8, 4) is 5.75 Å². The van der Waals surface area contributed by atoms with Crippen LogP contribution in [0.25, 0.3) is 0 Å². The first-order valence-electron chi connectivity index (χ1n) is 15.0. The zero-order chi connectivity index (χ0) is 29.8. The standard InChI is InChI=1S/C30H42N6O5S/c1-19-14-21(22-16-36(17-22)23-6-8-35(9-7-23)29(37)41-30(3,4)5)15-24-26(19)40-20(2)25-27(33-24)31-18-32-28(25)34-10-12-42(38,39)13-11-34/h14-15,18,20,22-23H,6-13,16-17H2,1-5H3,(H,31,32,33). The topological polar surface area (TPSA) is 117 Å². The maximum Gasteiger partial charge on any atom is 0.410 e. The van der Waals surface area contributed by atoms with Gasteiger partial charge in [-0.2, -0.15) is 0 Å². The largest absolute Gasteiger partial charge is 0.483 e. The fraction of sp³-hybridized carbons (Fsp3) is 0.633. The van der Waals surface area contributed by atoms with E-state index in [9.17, 15) is 13.2 Å². The lowest BCUT2D eigenvalue weighted by Crippen LogP contribution is -2.55. The molecule has 4 aliphatic rings. The minimum atomic E-state index is -3.00. The highest BCUT2D eigenvalue weighted by atomic mass is 32.2. The summed E-state index contributed by atoms with van der Waals surface area (Å²) >= 11 is 0. The van der Waals surface area contributed by atoms with Crippen molar-refractivity contribution in [1.29, 1.82) is 0 Å². The Bertz CT molecular complexity index is 1450. The Morgan fingerprint density at radius 3 is 2.43 bits per heavy atom. The van der Waals surface area contributed by atoms with Crippen molar-refractivity contribution in [3.63, 3.8) is 0 Å². The lowest BCUT2D eigenvalue weighted by Gasteiger charge is -2.47. The van der Waals surface area contributed by atoms with Gasteiger partial charge in [-0.15, -0.1) is 0 Å². The molecule has 0 radical (unpaired) electrons. The quantitative estimate of drug-likeness (QED) is 0.555. The van der Waals surface area contributed by atoms with E-state index in [0.29, 0.717) is 30.9 Å². The van der Waals surface area contributed by atoms with Crippen LogP contribution in [0.2, 0.25) is 0 Å². The van der Waals surface area contributed by atoms with E-state index in [1.54, 1.807) is 0 Å². The molecule has 1 atom stereocenters. The van der Waals surface area contributed by atoms with Gasteiger partial charge in [-0.3, -0.25) is 4.90 Å². The first kappa shape index (κ1) is 29.0. The Kier molecular flexibility index (Phi) is 7.49. The Labute approximate surface area is 248 Å². The number of nitrogens with one attached hydrogen (secondary N) is 1. The van der Waals surface area contributed by atoms with E-state index in [-0.39, 0.29) is 23.7 Å². The van der Waals surface area contributed by atoms with Crippen molar-refractivity contribution in [2.75, 3.05) is 61.0 Å². The van der Waals surface area contributed by atoms with Gasteiger partial charge in [0, 0.05) is 51.2 Å². The smallest absolute Gasteiger partial charge is 0.410 e. The predicted octanol–water partition coefficient (Wildman–Crippen LogP) is 4.02. The third kappa shape index (κ3) is 5.88. The van der Waals surface area contributed by atoms with Gasteiger partial charge in [0.2, 0.25) is 0 Å². The summed E-state index contributed by atoms with van der Waals surface area (Å²) in [6.07, 6.45) is 2.94. The van der Waals surface area contributed by atoms with Crippen LogP contribution in [0.3, 0.4) is 0 Å². The number of carbonyl (C=O) groups is 1. The third-order valence-electron chi connectivity index (χ3n) is 8.77. The third-order valence-corrected chi connectivity index (χ3v) is 10.4. The number of benzene rings is 1.